The minimum atomic E-state index is 0.0951. The maximum absolute atomic E-state index is 13.4. The molecule has 1 unspecified atom stereocenters. The molecule has 1 saturated heterocycles. The summed E-state index contributed by atoms with van der Waals surface area (Å²) >= 11 is 0. The molecule has 0 aromatic heterocycles. The Labute approximate surface area is 257 Å². The van der Waals surface area contributed by atoms with E-state index in [1.807, 2.05) is 0 Å². The summed E-state index contributed by atoms with van der Waals surface area (Å²) in [7, 11) is 0. The molecule has 4 heteroatoms. The smallest absolute Gasteiger partial charge is 0.220 e. The molecule has 1 amide bonds. The normalized spacial score (nSPS) is 44.9. The Kier molecular flexibility index (Phi) is 7.67. The molecule has 0 aromatic rings. The van der Waals surface area contributed by atoms with Crippen molar-refractivity contribution in [3.8, 4) is 0 Å². The molecule has 5 fully saturated rings. The number of likely N-dealkylation sites (tertiary alicyclic amines) is 1. The molecule has 1 heterocycles. The zero-order valence-electron chi connectivity index (χ0n) is 28.5. The lowest BCUT2D eigenvalue weighted by molar-refractivity contribution is -0.216. The minimum absolute atomic E-state index is 0.0951. The maximum Gasteiger partial charge on any atom is 0.220 e. The third-order valence-corrected chi connectivity index (χ3v) is 15.2. The standard InChI is InChI=1S/C38H62N2O2/c1-25(2)32-27(41)24-35(5)19-20-37(7)26(33(32)35)13-14-29-36(6)17-16-30(34(3,4)28(36)15-18-38(29,37)8)39-31(42)12-11-23-40-21-9-10-22-40/h25-26,28-30H,9-24H2,1-8H3,(H,39,42)/t26-,28+,29-,30?,35+,36+,37-,38-/m1/s1. The Bertz CT molecular complexity index is 1130. The first-order chi connectivity index (χ1) is 19.7. The number of ketones is 1. The van der Waals surface area contributed by atoms with Crippen molar-refractivity contribution in [1.82, 2.24) is 10.2 Å². The van der Waals surface area contributed by atoms with Crippen LogP contribution in [-0.2, 0) is 9.59 Å². The van der Waals surface area contributed by atoms with Crippen LogP contribution in [0.3, 0.4) is 0 Å². The minimum Gasteiger partial charge on any atom is -0.353 e. The van der Waals surface area contributed by atoms with E-state index in [0.29, 0.717) is 46.7 Å². The summed E-state index contributed by atoms with van der Waals surface area (Å²) in [5.74, 6) is 2.97. The van der Waals surface area contributed by atoms with Gasteiger partial charge in [-0.3, -0.25) is 9.59 Å². The molecular weight excluding hydrogens is 516 g/mol. The molecule has 1 aliphatic heterocycles. The van der Waals surface area contributed by atoms with E-state index in [4.69, 9.17) is 0 Å². The van der Waals surface area contributed by atoms with Crippen LogP contribution in [0.25, 0.3) is 0 Å². The van der Waals surface area contributed by atoms with Gasteiger partial charge in [-0.25, -0.2) is 0 Å². The van der Waals surface area contributed by atoms with E-state index < -0.39 is 0 Å². The Morgan fingerprint density at radius 1 is 0.881 bits per heavy atom. The molecule has 5 aliphatic carbocycles. The zero-order valence-corrected chi connectivity index (χ0v) is 28.5. The lowest BCUT2D eigenvalue weighted by Gasteiger charge is -2.72. The number of carbonyl (C=O) groups is 2. The summed E-state index contributed by atoms with van der Waals surface area (Å²) in [4.78, 5) is 29.0. The molecule has 4 saturated carbocycles. The molecule has 0 spiro atoms. The topological polar surface area (TPSA) is 49.4 Å². The van der Waals surface area contributed by atoms with Crippen molar-refractivity contribution in [2.24, 2.45) is 50.7 Å². The summed E-state index contributed by atoms with van der Waals surface area (Å²) in [5, 5.41) is 3.57. The fourth-order valence-electron chi connectivity index (χ4n) is 12.9. The predicted molar refractivity (Wildman–Crippen MR) is 172 cm³/mol. The highest BCUT2D eigenvalue weighted by atomic mass is 16.1. The molecule has 0 bridgehead atoms. The second-order valence-electron chi connectivity index (χ2n) is 17.9. The zero-order chi connectivity index (χ0) is 30.3. The second kappa shape index (κ2) is 10.4. The van der Waals surface area contributed by atoms with E-state index in [-0.39, 0.29) is 28.2 Å². The van der Waals surface area contributed by atoms with Crippen LogP contribution >= 0.6 is 0 Å². The van der Waals surface area contributed by atoms with Gasteiger partial charge in [0.2, 0.25) is 5.91 Å². The first-order valence-corrected chi connectivity index (χ1v) is 18.0. The van der Waals surface area contributed by atoms with Crippen LogP contribution in [0.5, 0.6) is 0 Å². The van der Waals surface area contributed by atoms with Gasteiger partial charge in [-0.2, -0.15) is 0 Å². The highest BCUT2D eigenvalue weighted by Crippen LogP contribution is 2.76. The van der Waals surface area contributed by atoms with Crippen molar-refractivity contribution in [3.05, 3.63) is 11.1 Å². The number of fused-ring (bicyclic) bond motifs is 7. The van der Waals surface area contributed by atoms with Crippen molar-refractivity contribution < 1.29 is 9.59 Å². The van der Waals surface area contributed by atoms with Crippen molar-refractivity contribution in [2.45, 2.75) is 145 Å². The van der Waals surface area contributed by atoms with Crippen molar-refractivity contribution in [1.29, 1.82) is 0 Å². The molecule has 236 valence electrons. The molecule has 6 aliphatic rings. The summed E-state index contributed by atoms with van der Waals surface area (Å²) in [5.41, 5.74) is 3.88. The Morgan fingerprint density at radius 3 is 2.29 bits per heavy atom. The second-order valence-corrected chi connectivity index (χ2v) is 17.9. The molecule has 8 atom stereocenters. The van der Waals surface area contributed by atoms with Gasteiger partial charge in [0.1, 0.15) is 0 Å². The number of amides is 1. The molecule has 6 rings (SSSR count). The Balaban J connectivity index is 1.21. The first kappa shape index (κ1) is 30.8. The molecular formula is C38H62N2O2. The Morgan fingerprint density at radius 2 is 1.60 bits per heavy atom. The van der Waals surface area contributed by atoms with Gasteiger partial charge in [0.05, 0.1) is 0 Å². The number of rotatable bonds is 6. The molecule has 42 heavy (non-hydrogen) atoms. The highest BCUT2D eigenvalue weighted by Gasteiger charge is 2.69. The SMILES string of the molecule is CC(C)C1=C2[C@H]3CC[C@@H]4[C@@]5(C)CCC(NC(=O)CCCN6CCCC6)C(C)(C)[C@@H]5CC[C@@]4(C)[C@]3(C)CC[C@@]2(C)CC1=O. The fourth-order valence-corrected chi connectivity index (χ4v) is 12.9. The van der Waals surface area contributed by atoms with E-state index in [0.717, 1.165) is 25.8 Å². The number of nitrogens with one attached hydrogen (secondary N) is 1. The van der Waals surface area contributed by atoms with Crippen LogP contribution in [0.1, 0.15) is 139 Å². The number of allylic oxidation sites excluding steroid dienone is 2. The van der Waals surface area contributed by atoms with Crippen LogP contribution < -0.4 is 5.32 Å². The number of hydrogen-bond donors (Lipinski definition) is 1. The summed E-state index contributed by atoms with van der Waals surface area (Å²) in [6, 6.07) is 0.282. The van der Waals surface area contributed by atoms with Crippen LogP contribution in [0, 0.1) is 50.7 Å². The molecule has 1 N–H and O–H groups in total. The largest absolute Gasteiger partial charge is 0.353 e. The van der Waals surface area contributed by atoms with Gasteiger partial charge in [-0.15, -0.1) is 0 Å². The van der Waals surface area contributed by atoms with Gasteiger partial charge in [-0.05, 0) is 147 Å². The average molecular weight is 579 g/mol. The van der Waals surface area contributed by atoms with E-state index in [1.165, 1.54) is 76.5 Å². The van der Waals surface area contributed by atoms with Crippen molar-refractivity contribution in [3.63, 3.8) is 0 Å². The predicted octanol–water partition coefficient (Wildman–Crippen LogP) is 8.35. The summed E-state index contributed by atoms with van der Waals surface area (Å²) in [6.07, 6.45) is 14.9. The quantitative estimate of drug-likeness (QED) is 0.345. The van der Waals surface area contributed by atoms with Gasteiger partial charge in [0.25, 0.3) is 0 Å². The van der Waals surface area contributed by atoms with E-state index in [2.05, 4.69) is 65.6 Å². The third kappa shape index (κ3) is 4.45. The van der Waals surface area contributed by atoms with E-state index in [1.54, 1.807) is 5.57 Å². The average Bonchev–Trinajstić information content (AvgIpc) is 3.51. The number of Topliss-reactive ketones (excluding diaryl/α,β-unsaturated/α-hetero) is 1. The van der Waals surface area contributed by atoms with Gasteiger partial charge >= 0.3 is 0 Å². The van der Waals surface area contributed by atoms with Crippen LogP contribution in [0.2, 0.25) is 0 Å². The van der Waals surface area contributed by atoms with Crippen molar-refractivity contribution >= 4 is 11.7 Å². The fraction of sp³-hybridized carbons (Fsp3) is 0.895. The summed E-state index contributed by atoms with van der Waals surface area (Å²) < 4.78 is 0. The van der Waals surface area contributed by atoms with Crippen molar-refractivity contribution in [2.75, 3.05) is 19.6 Å². The van der Waals surface area contributed by atoms with Crippen LogP contribution in [-0.4, -0.2) is 42.3 Å². The Hall–Kier alpha value is -1.16. The van der Waals surface area contributed by atoms with E-state index in [9.17, 15) is 9.59 Å². The van der Waals surface area contributed by atoms with Gasteiger partial charge in [-0.1, -0.05) is 61.0 Å². The lowest BCUT2D eigenvalue weighted by atomic mass is 9.33. The van der Waals surface area contributed by atoms with Crippen LogP contribution in [0.4, 0.5) is 0 Å². The molecule has 0 radical (unpaired) electrons. The monoisotopic (exact) mass is 578 g/mol. The van der Waals surface area contributed by atoms with Gasteiger partial charge < -0.3 is 10.2 Å². The van der Waals surface area contributed by atoms with Gasteiger partial charge in [0.15, 0.2) is 5.78 Å². The lowest BCUT2D eigenvalue weighted by Crippen LogP contribution is -2.66. The highest BCUT2D eigenvalue weighted by molar-refractivity contribution is 6.00. The molecule has 4 nitrogen and oxygen atoms in total. The van der Waals surface area contributed by atoms with Gasteiger partial charge in [0, 0.05) is 18.9 Å². The number of carbonyl (C=O) groups excluding carboxylic acids is 2. The van der Waals surface area contributed by atoms with Crippen LogP contribution in [0.15, 0.2) is 11.1 Å². The molecule has 0 aromatic carbocycles. The third-order valence-electron chi connectivity index (χ3n) is 15.2. The number of nitrogens with zero attached hydrogens (tertiary/aromatic N) is 1. The first-order valence-electron chi connectivity index (χ1n) is 18.0. The number of hydrogen-bond acceptors (Lipinski definition) is 3. The summed E-state index contributed by atoms with van der Waals surface area (Å²) in [6.45, 7) is 23.4. The maximum atomic E-state index is 13.4. The van der Waals surface area contributed by atoms with E-state index >= 15 is 0 Å².